The van der Waals surface area contributed by atoms with Crippen LogP contribution in [0.3, 0.4) is 0 Å². The number of aliphatic hydroxyl groups is 3. The summed E-state index contributed by atoms with van der Waals surface area (Å²) in [6, 6.07) is -0.817. The summed E-state index contributed by atoms with van der Waals surface area (Å²) < 4.78 is 20.4. The minimum absolute atomic E-state index is 0.110. The lowest BCUT2D eigenvalue weighted by Gasteiger charge is -2.17. The van der Waals surface area contributed by atoms with E-state index < -0.39 is 37.2 Å². The van der Waals surface area contributed by atoms with Crippen LogP contribution in [0.5, 0.6) is 0 Å². The average Bonchev–Trinajstić information content (AvgIpc) is 3.16. The summed E-state index contributed by atoms with van der Waals surface area (Å²) in [4.78, 5) is 24.9. The summed E-state index contributed by atoms with van der Waals surface area (Å²) in [6.45, 7) is -0.465. The van der Waals surface area contributed by atoms with E-state index in [0.29, 0.717) is 0 Å². The van der Waals surface area contributed by atoms with Crippen LogP contribution in [0.4, 0.5) is 10.6 Å². The lowest BCUT2D eigenvalue weighted by Crippen LogP contribution is -2.33. The van der Waals surface area contributed by atoms with Gasteiger partial charge >= 0.3 is 6.03 Å². The highest BCUT2D eigenvalue weighted by atomic mass is 32.1. The molecule has 0 bridgehead atoms. The van der Waals surface area contributed by atoms with Crippen molar-refractivity contribution in [2.75, 3.05) is 18.6 Å². The number of hydrogen-bond donors (Lipinski definition) is 3. The molecule has 3 N–H and O–H groups in total. The Morgan fingerprint density at radius 3 is 2.80 bits per heavy atom. The van der Waals surface area contributed by atoms with Crippen LogP contribution in [-0.2, 0) is 16.2 Å². The van der Waals surface area contributed by atoms with Crippen molar-refractivity contribution in [2.24, 2.45) is 4.36 Å². The van der Waals surface area contributed by atoms with Gasteiger partial charge in [0.05, 0.1) is 12.9 Å². The first kappa shape index (κ1) is 17.5. The molecule has 12 nitrogen and oxygen atoms in total. The fourth-order valence-electron chi connectivity index (χ4n) is 2.56. The van der Waals surface area contributed by atoms with Crippen LogP contribution >= 0.6 is 0 Å². The highest BCUT2D eigenvalue weighted by Crippen LogP contribution is 2.32. The molecule has 1 fully saturated rings. The molecule has 0 saturated carbocycles. The Balaban J connectivity index is 2.02. The van der Waals surface area contributed by atoms with Crippen molar-refractivity contribution in [3.8, 4) is 0 Å². The largest absolute Gasteiger partial charge is 0.394 e. The Morgan fingerprint density at radius 2 is 2.16 bits per heavy atom. The van der Waals surface area contributed by atoms with Crippen molar-refractivity contribution in [3.05, 3.63) is 12.7 Å². The second-order valence-electron chi connectivity index (χ2n) is 5.26. The predicted octanol–water partition coefficient (Wildman–Crippen LogP) is -1.61. The zero-order chi connectivity index (χ0) is 18.1. The first-order chi connectivity index (χ1) is 12.0. The maximum absolute atomic E-state index is 11.7. The van der Waals surface area contributed by atoms with Crippen molar-refractivity contribution in [3.63, 3.8) is 0 Å². The van der Waals surface area contributed by atoms with Gasteiger partial charge in [0.1, 0.15) is 24.6 Å². The SMILES string of the molecule is CN(C(=O)N=S=O)c1ncnc2c1ncn2[C@@H]1O[C@H](CO)[C@@H](O)[C@H]1O. The third-order valence-corrected chi connectivity index (χ3v) is 4.08. The molecule has 0 spiro atoms. The second-order valence-corrected chi connectivity index (χ2v) is 5.59. The molecule has 3 heterocycles. The minimum Gasteiger partial charge on any atom is -0.394 e. The number of urea groups is 1. The Labute approximate surface area is 143 Å². The number of hydrogen-bond acceptors (Lipinski definition) is 9. The number of aliphatic hydroxyl groups excluding tert-OH is 3. The monoisotopic (exact) mass is 370 g/mol. The van der Waals surface area contributed by atoms with Gasteiger partial charge < -0.3 is 20.1 Å². The average molecular weight is 370 g/mol. The number of ether oxygens (including phenoxy) is 1. The molecule has 4 atom stereocenters. The number of anilines is 1. The Bertz CT molecular complexity index is 854. The number of carbonyl (C=O) groups is 1. The van der Waals surface area contributed by atoms with Crippen molar-refractivity contribution in [2.45, 2.75) is 24.5 Å². The first-order valence-corrected chi connectivity index (χ1v) is 7.77. The highest BCUT2D eigenvalue weighted by Gasteiger charge is 2.44. The fourth-order valence-corrected chi connectivity index (χ4v) is 2.75. The van der Waals surface area contributed by atoms with E-state index in [2.05, 4.69) is 19.3 Å². The van der Waals surface area contributed by atoms with Crippen molar-refractivity contribution in [1.82, 2.24) is 19.5 Å². The van der Waals surface area contributed by atoms with Crippen LogP contribution < -0.4 is 4.90 Å². The standard InChI is InChI=1S/C12H14N6O6S/c1-17(12(22)16-25-23)9-6-10(14-3-13-9)18(4-15-6)11-8(21)7(20)5(2-19)24-11/h3-5,7-8,11,19-21H,2H2,1H3/t5-,7-,8-,11-/m1/s1. The minimum atomic E-state index is -1.31. The molecule has 1 saturated heterocycles. The van der Waals surface area contributed by atoms with Crippen LogP contribution in [0.15, 0.2) is 17.0 Å². The second kappa shape index (κ2) is 6.89. The summed E-state index contributed by atoms with van der Waals surface area (Å²) in [5.41, 5.74) is 0.441. The molecule has 3 rings (SSSR count). The molecular weight excluding hydrogens is 356 g/mol. The summed E-state index contributed by atoms with van der Waals surface area (Å²) in [5.74, 6) is 0.110. The van der Waals surface area contributed by atoms with Gasteiger partial charge in [-0.15, -0.1) is 0 Å². The van der Waals surface area contributed by atoms with E-state index in [4.69, 9.17) is 4.74 Å². The molecule has 25 heavy (non-hydrogen) atoms. The van der Waals surface area contributed by atoms with E-state index in [9.17, 15) is 24.3 Å². The third kappa shape index (κ3) is 2.91. The smallest absolute Gasteiger partial charge is 0.362 e. The maximum Gasteiger partial charge on any atom is 0.362 e. The van der Waals surface area contributed by atoms with Crippen LogP contribution in [0.2, 0.25) is 0 Å². The summed E-state index contributed by atoms with van der Waals surface area (Å²) >= 11 is -0.223. The number of fused-ring (bicyclic) bond motifs is 1. The van der Waals surface area contributed by atoms with E-state index in [1.807, 2.05) is 0 Å². The molecular formula is C12H14N6O6S. The van der Waals surface area contributed by atoms with Gasteiger partial charge in [-0.3, -0.25) is 9.47 Å². The molecule has 134 valence electrons. The quantitative estimate of drug-likeness (QED) is 0.576. The zero-order valence-corrected chi connectivity index (χ0v) is 13.6. The molecule has 0 aliphatic carbocycles. The van der Waals surface area contributed by atoms with Gasteiger partial charge in [0.15, 0.2) is 23.2 Å². The third-order valence-electron chi connectivity index (χ3n) is 3.85. The number of rotatable bonds is 3. The van der Waals surface area contributed by atoms with Crippen molar-refractivity contribution >= 4 is 34.5 Å². The Hall–Kier alpha value is -2.32. The van der Waals surface area contributed by atoms with Gasteiger partial charge in [0.25, 0.3) is 0 Å². The van der Waals surface area contributed by atoms with Crippen LogP contribution in [-0.4, -0.2) is 77.0 Å². The van der Waals surface area contributed by atoms with E-state index in [-0.39, 0.29) is 28.4 Å². The van der Waals surface area contributed by atoms with Gasteiger partial charge in [-0.25, -0.2) is 19.7 Å². The van der Waals surface area contributed by atoms with Gasteiger partial charge in [0.2, 0.25) is 11.5 Å². The van der Waals surface area contributed by atoms with Gasteiger partial charge in [-0.1, -0.05) is 4.36 Å². The fraction of sp³-hybridized carbons (Fsp3) is 0.500. The maximum atomic E-state index is 11.7. The molecule has 0 unspecified atom stereocenters. The molecule has 0 radical (unpaired) electrons. The highest BCUT2D eigenvalue weighted by molar-refractivity contribution is 7.55. The Kier molecular flexibility index (Phi) is 4.82. The van der Waals surface area contributed by atoms with Crippen molar-refractivity contribution < 1.29 is 29.1 Å². The normalized spacial score (nSPS) is 25.9. The molecule has 2 amide bonds. The van der Waals surface area contributed by atoms with Gasteiger partial charge in [-0.2, -0.15) is 4.21 Å². The summed E-state index contributed by atoms with van der Waals surface area (Å²) in [7, 11) is 1.37. The molecule has 13 heteroatoms. The summed E-state index contributed by atoms with van der Waals surface area (Å²) in [5, 5.41) is 29.2. The molecule has 1 aliphatic rings. The molecule has 2 aromatic rings. The number of carbonyl (C=O) groups excluding carboxylic acids is 1. The van der Waals surface area contributed by atoms with E-state index in [0.717, 1.165) is 4.90 Å². The Morgan fingerprint density at radius 1 is 1.40 bits per heavy atom. The molecule has 2 aromatic heterocycles. The zero-order valence-electron chi connectivity index (χ0n) is 12.8. The van der Waals surface area contributed by atoms with Gasteiger partial charge in [-0.05, 0) is 0 Å². The lowest BCUT2D eigenvalue weighted by molar-refractivity contribution is -0.0511. The van der Waals surface area contributed by atoms with Crippen molar-refractivity contribution in [1.29, 1.82) is 0 Å². The lowest BCUT2D eigenvalue weighted by atomic mass is 10.1. The number of amides is 2. The summed E-state index contributed by atoms with van der Waals surface area (Å²) in [6.07, 6.45) is -2.07. The van der Waals surface area contributed by atoms with Crippen LogP contribution in [0, 0.1) is 0 Å². The van der Waals surface area contributed by atoms with E-state index in [1.165, 1.54) is 24.3 Å². The number of aromatic nitrogens is 4. The van der Waals surface area contributed by atoms with E-state index >= 15 is 0 Å². The van der Waals surface area contributed by atoms with E-state index in [1.54, 1.807) is 0 Å². The number of imidazole rings is 1. The predicted molar refractivity (Wildman–Crippen MR) is 82.7 cm³/mol. The molecule has 1 aliphatic heterocycles. The molecule has 0 aromatic carbocycles. The van der Waals surface area contributed by atoms with Crippen LogP contribution in [0.25, 0.3) is 11.2 Å². The topological polar surface area (TPSA) is 163 Å². The van der Waals surface area contributed by atoms with Gasteiger partial charge in [0, 0.05) is 7.05 Å². The number of nitrogens with zero attached hydrogens (tertiary/aromatic N) is 6. The van der Waals surface area contributed by atoms with Crippen LogP contribution in [0.1, 0.15) is 6.23 Å². The first-order valence-electron chi connectivity index (χ1n) is 7.07.